The van der Waals surface area contributed by atoms with Crippen molar-refractivity contribution in [3.05, 3.63) is 30.6 Å². The molecule has 84 valence electrons. The molecule has 0 bridgehead atoms. The minimum Gasteiger partial charge on any atom is -0.265 e. The van der Waals surface area contributed by atoms with Crippen LogP contribution in [0.2, 0.25) is 0 Å². The van der Waals surface area contributed by atoms with Crippen molar-refractivity contribution in [1.29, 1.82) is 0 Å². The van der Waals surface area contributed by atoms with Gasteiger partial charge in [0.2, 0.25) is 0 Å². The molecule has 1 aromatic heterocycles. The molecule has 0 spiro atoms. The maximum atomic E-state index is 3.78. The molecular formula is C14H23N. The molecule has 0 saturated heterocycles. The van der Waals surface area contributed by atoms with Crippen molar-refractivity contribution in [3.63, 3.8) is 0 Å². The first kappa shape index (κ1) is 12.2. The second-order valence-corrected chi connectivity index (χ2v) is 4.32. The van der Waals surface area contributed by atoms with E-state index < -0.39 is 0 Å². The van der Waals surface area contributed by atoms with Crippen molar-refractivity contribution in [2.75, 3.05) is 0 Å². The molecule has 15 heavy (non-hydrogen) atoms. The van der Waals surface area contributed by atoms with Crippen LogP contribution in [-0.4, -0.2) is 4.98 Å². The van der Waals surface area contributed by atoms with Crippen LogP contribution in [0.1, 0.15) is 51.9 Å². The molecule has 0 amide bonds. The Morgan fingerprint density at radius 1 is 1.00 bits per heavy atom. The van der Waals surface area contributed by atoms with Crippen molar-refractivity contribution < 1.29 is 0 Å². The molecule has 2 rings (SSSR count). The van der Waals surface area contributed by atoms with E-state index in [0.717, 1.165) is 5.92 Å². The van der Waals surface area contributed by atoms with E-state index in [1.165, 1.54) is 44.9 Å². The van der Waals surface area contributed by atoms with Crippen LogP contribution in [0.5, 0.6) is 0 Å². The summed E-state index contributed by atoms with van der Waals surface area (Å²) in [5.74, 6) is 1.10. The van der Waals surface area contributed by atoms with E-state index in [1.54, 1.807) is 12.4 Å². The molecule has 0 aromatic carbocycles. The Balaban J connectivity index is 0.000000162. The van der Waals surface area contributed by atoms with Crippen molar-refractivity contribution in [2.24, 2.45) is 5.92 Å². The molecule has 1 aliphatic rings. The number of hydrogen-bond donors (Lipinski definition) is 0. The first-order valence-electron chi connectivity index (χ1n) is 6.28. The fourth-order valence-electron chi connectivity index (χ4n) is 2.20. The molecule has 1 heteroatoms. The van der Waals surface area contributed by atoms with Gasteiger partial charge in [0.25, 0.3) is 0 Å². The molecule has 0 unspecified atom stereocenters. The third-order valence-corrected chi connectivity index (χ3v) is 2.99. The third kappa shape index (κ3) is 6.27. The van der Waals surface area contributed by atoms with Crippen LogP contribution < -0.4 is 0 Å². The Morgan fingerprint density at radius 2 is 1.67 bits per heavy atom. The lowest BCUT2D eigenvalue weighted by Crippen LogP contribution is -2.04. The van der Waals surface area contributed by atoms with Gasteiger partial charge < -0.3 is 0 Å². The van der Waals surface area contributed by atoms with E-state index in [0.29, 0.717) is 0 Å². The van der Waals surface area contributed by atoms with Crippen molar-refractivity contribution in [1.82, 2.24) is 4.98 Å². The number of rotatable bonds is 2. The Hall–Kier alpha value is -0.850. The molecule has 1 aromatic rings. The molecule has 1 aliphatic carbocycles. The summed E-state index contributed by atoms with van der Waals surface area (Å²) >= 11 is 0. The zero-order valence-corrected chi connectivity index (χ0v) is 9.86. The predicted octanol–water partition coefficient (Wildman–Crippen LogP) is 4.45. The number of pyridine rings is 1. The summed E-state index contributed by atoms with van der Waals surface area (Å²) in [4.78, 5) is 3.78. The van der Waals surface area contributed by atoms with Gasteiger partial charge in [0.1, 0.15) is 0 Å². The zero-order chi connectivity index (χ0) is 10.8. The van der Waals surface area contributed by atoms with Crippen LogP contribution in [-0.2, 0) is 0 Å². The highest BCUT2D eigenvalue weighted by Gasteiger charge is 2.10. The minimum atomic E-state index is 1.10. The van der Waals surface area contributed by atoms with Gasteiger partial charge in [-0.3, -0.25) is 4.98 Å². The highest BCUT2D eigenvalue weighted by molar-refractivity contribution is 4.88. The van der Waals surface area contributed by atoms with Gasteiger partial charge in [-0.2, -0.15) is 0 Å². The molecule has 1 heterocycles. The maximum Gasteiger partial charge on any atom is 0.0267 e. The largest absolute Gasteiger partial charge is 0.265 e. The number of aromatic nitrogens is 1. The van der Waals surface area contributed by atoms with E-state index in [-0.39, 0.29) is 0 Å². The van der Waals surface area contributed by atoms with Crippen LogP contribution in [0.25, 0.3) is 0 Å². The SMILES string of the molecule is CCCC1CCCCC1.c1ccncc1. The topological polar surface area (TPSA) is 12.9 Å². The number of nitrogens with zero attached hydrogens (tertiary/aromatic N) is 1. The second kappa shape index (κ2) is 8.46. The summed E-state index contributed by atoms with van der Waals surface area (Å²) in [6.45, 7) is 2.30. The van der Waals surface area contributed by atoms with Gasteiger partial charge in [0.05, 0.1) is 0 Å². The van der Waals surface area contributed by atoms with Crippen molar-refractivity contribution in [2.45, 2.75) is 51.9 Å². The Bertz CT molecular complexity index is 185. The minimum absolute atomic E-state index is 1.10. The summed E-state index contributed by atoms with van der Waals surface area (Å²) in [5, 5.41) is 0. The van der Waals surface area contributed by atoms with E-state index in [1.807, 2.05) is 18.2 Å². The van der Waals surface area contributed by atoms with Gasteiger partial charge in [-0.15, -0.1) is 0 Å². The quantitative estimate of drug-likeness (QED) is 0.695. The summed E-state index contributed by atoms with van der Waals surface area (Å²) in [5.41, 5.74) is 0. The van der Waals surface area contributed by atoms with Crippen molar-refractivity contribution >= 4 is 0 Å². The molecule has 1 saturated carbocycles. The average molecular weight is 205 g/mol. The monoisotopic (exact) mass is 205 g/mol. The van der Waals surface area contributed by atoms with Gasteiger partial charge in [-0.05, 0) is 18.1 Å². The number of hydrogen-bond acceptors (Lipinski definition) is 1. The lowest BCUT2D eigenvalue weighted by Gasteiger charge is -2.20. The Morgan fingerprint density at radius 3 is 2.07 bits per heavy atom. The molecule has 0 N–H and O–H groups in total. The van der Waals surface area contributed by atoms with Gasteiger partial charge >= 0.3 is 0 Å². The standard InChI is InChI=1S/C9H18.C5H5N/c1-2-6-9-7-4-3-5-8-9;1-2-4-6-5-3-1/h9H,2-8H2,1H3;1-5H. The van der Waals surface area contributed by atoms with Crippen LogP contribution >= 0.6 is 0 Å². The average Bonchev–Trinajstić information content (AvgIpc) is 2.34. The molecular weight excluding hydrogens is 182 g/mol. The third-order valence-electron chi connectivity index (χ3n) is 2.99. The van der Waals surface area contributed by atoms with Crippen LogP contribution in [0.4, 0.5) is 0 Å². The van der Waals surface area contributed by atoms with E-state index in [4.69, 9.17) is 0 Å². The second-order valence-electron chi connectivity index (χ2n) is 4.32. The summed E-state index contributed by atoms with van der Waals surface area (Å²) in [7, 11) is 0. The Labute approximate surface area is 93.9 Å². The van der Waals surface area contributed by atoms with Crippen LogP contribution in [0, 0.1) is 5.92 Å². The lowest BCUT2D eigenvalue weighted by atomic mass is 9.86. The van der Waals surface area contributed by atoms with Crippen LogP contribution in [0.3, 0.4) is 0 Å². The van der Waals surface area contributed by atoms with E-state index in [9.17, 15) is 0 Å². The molecule has 0 aliphatic heterocycles. The van der Waals surface area contributed by atoms with Crippen LogP contribution in [0.15, 0.2) is 30.6 Å². The van der Waals surface area contributed by atoms with Gasteiger partial charge in [-0.1, -0.05) is 57.9 Å². The summed E-state index contributed by atoms with van der Waals surface area (Å²) < 4.78 is 0. The molecule has 1 fully saturated rings. The zero-order valence-electron chi connectivity index (χ0n) is 9.86. The van der Waals surface area contributed by atoms with Crippen molar-refractivity contribution in [3.8, 4) is 0 Å². The lowest BCUT2D eigenvalue weighted by molar-refractivity contribution is 0.336. The molecule has 0 radical (unpaired) electrons. The molecule has 0 atom stereocenters. The van der Waals surface area contributed by atoms with E-state index in [2.05, 4.69) is 11.9 Å². The molecule has 1 nitrogen and oxygen atoms in total. The smallest absolute Gasteiger partial charge is 0.0267 e. The first-order valence-corrected chi connectivity index (χ1v) is 6.28. The highest BCUT2D eigenvalue weighted by Crippen LogP contribution is 2.26. The normalized spacial score (nSPS) is 16.6. The highest BCUT2D eigenvalue weighted by atomic mass is 14.6. The Kier molecular flexibility index (Phi) is 6.89. The summed E-state index contributed by atoms with van der Waals surface area (Å²) in [6, 6.07) is 5.72. The van der Waals surface area contributed by atoms with E-state index >= 15 is 0 Å². The van der Waals surface area contributed by atoms with Gasteiger partial charge in [0.15, 0.2) is 0 Å². The van der Waals surface area contributed by atoms with Gasteiger partial charge in [0, 0.05) is 12.4 Å². The fraction of sp³-hybridized carbons (Fsp3) is 0.643. The van der Waals surface area contributed by atoms with Gasteiger partial charge in [-0.25, -0.2) is 0 Å². The fourth-order valence-corrected chi connectivity index (χ4v) is 2.20. The maximum absolute atomic E-state index is 3.78. The first-order chi connectivity index (χ1) is 7.43. The summed E-state index contributed by atoms with van der Waals surface area (Å²) in [6.07, 6.45) is 13.9. The predicted molar refractivity (Wildman–Crippen MR) is 65.7 cm³/mol.